The Kier molecular flexibility index (Phi) is 7.05. The number of hydrogen-bond donors (Lipinski definition) is 0. The van der Waals surface area contributed by atoms with Crippen LogP contribution >= 0.6 is 0 Å². The number of benzene rings is 2. The number of carbonyl (C=O) groups is 1. The van der Waals surface area contributed by atoms with Crippen molar-refractivity contribution in [3.05, 3.63) is 77.6 Å². The highest BCUT2D eigenvalue weighted by Gasteiger charge is 2.15. The van der Waals surface area contributed by atoms with Gasteiger partial charge >= 0.3 is 5.97 Å². The topological polar surface area (TPSA) is 66.9 Å². The third-order valence-corrected chi connectivity index (χ3v) is 4.19. The van der Waals surface area contributed by atoms with E-state index in [0.29, 0.717) is 35.2 Å². The van der Waals surface area contributed by atoms with Gasteiger partial charge in [-0.1, -0.05) is 18.2 Å². The van der Waals surface area contributed by atoms with E-state index in [4.69, 9.17) is 18.9 Å². The summed E-state index contributed by atoms with van der Waals surface area (Å²) in [6.07, 6.45) is 5.56. The molecule has 0 radical (unpaired) electrons. The van der Waals surface area contributed by atoms with Crippen molar-refractivity contribution in [2.75, 3.05) is 20.8 Å². The predicted octanol–water partition coefficient (Wildman–Crippen LogP) is 4.89. The van der Waals surface area contributed by atoms with E-state index in [1.807, 2.05) is 49.4 Å². The molecule has 3 rings (SSSR count). The molecule has 0 bridgehead atoms. The van der Waals surface area contributed by atoms with Crippen LogP contribution in [0.2, 0.25) is 0 Å². The van der Waals surface area contributed by atoms with Crippen molar-refractivity contribution in [3.8, 4) is 23.0 Å². The zero-order valence-electron chi connectivity index (χ0n) is 17.1. The average molecular weight is 405 g/mol. The lowest BCUT2D eigenvalue weighted by atomic mass is 10.1. The second-order valence-electron chi connectivity index (χ2n) is 6.22. The third kappa shape index (κ3) is 5.38. The number of carbonyl (C=O) groups excluding carboxylic acids is 1. The van der Waals surface area contributed by atoms with Crippen LogP contribution in [0.15, 0.2) is 60.8 Å². The van der Waals surface area contributed by atoms with Gasteiger partial charge in [-0.05, 0) is 55.0 Å². The number of methoxy groups -OCH3 is 2. The number of esters is 1. The molecule has 0 fully saturated rings. The molecule has 0 aliphatic heterocycles. The molecule has 6 heteroatoms. The summed E-state index contributed by atoms with van der Waals surface area (Å²) < 4.78 is 21.7. The van der Waals surface area contributed by atoms with Gasteiger partial charge in [-0.25, -0.2) is 4.79 Å². The Hall–Kier alpha value is -3.80. The Balaban J connectivity index is 1.83. The van der Waals surface area contributed by atoms with Crippen LogP contribution in [0.25, 0.3) is 12.2 Å². The molecule has 0 saturated heterocycles. The van der Waals surface area contributed by atoms with Gasteiger partial charge in [-0.2, -0.15) is 0 Å². The molecular formula is C24H23NO5. The standard InChI is InChI=1S/C24H23NO5/c1-4-29-23-13-17(8-10-19-7-5-6-12-25-19)9-11-22(23)30-24(26)18-14-20(27-2)16-21(15-18)28-3/h5-16H,4H2,1-3H3/b10-8+. The van der Waals surface area contributed by atoms with Crippen LogP contribution < -0.4 is 18.9 Å². The first-order chi connectivity index (χ1) is 14.6. The van der Waals surface area contributed by atoms with Crippen molar-refractivity contribution < 1.29 is 23.7 Å². The van der Waals surface area contributed by atoms with Crippen molar-refractivity contribution in [1.82, 2.24) is 4.98 Å². The minimum atomic E-state index is -0.537. The first-order valence-electron chi connectivity index (χ1n) is 9.44. The normalized spacial score (nSPS) is 10.6. The Morgan fingerprint density at radius 1 is 0.933 bits per heavy atom. The fourth-order valence-electron chi connectivity index (χ4n) is 2.72. The summed E-state index contributed by atoms with van der Waals surface area (Å²) in [5.41, 5.74) is 2.05. The summed E-state index contributed by atoms with van der Waals surface area (Å²) in [5.74, 6) is 1.27. The molecule has 154 valence electrons. The van der Waals surface area contributed by atoms with Gasteiger partial charge in [0.2, 0.25) is 0 Å². The van der Waals surface area contributed by atoms with Crippen LogP contribution in [0.5, 0.6) is 23.0 Å². The van der Waals surface area contributed by atoms with Gasteiger partial charge in [0.05, 0.1) is 32.1 Å². The van der Waals surface area contributed by atoms with E-state index in [2.05, 4.69) is 4.98 Å². The van der Waals surface area contributed by atoms with E-state index in [1.165, 1.54) is 14.2 Å². The third-order valence-electron chi connectivity index (χ3n) is 4.19. The molecule has 1 heterocycles. The van der Waals surface area contributed by atoms with Crippen LogP contribution in [0.1, 0.15) is 28.5 Å². The van der Waals surface area contributed by atoms with E-state index in [1.54, 1.807) is 30.5 Å². The average Bonchev–Trinajstić information content (AvgIpc) is 2.79. The summed E-state index contributed by atoms with van der Waals surface area (Å²) in [4.78, 5) is 17.0. The minimum absolute atomic E-state index is 0.313. The van der Waals surface area contributed by atoms with Crippen molar-refractivity contribution >= 4 is 18.1 Å². The fourth-order valence-corrected chi connectivity index (χ4v) is 2.72. The largest absolute Gasteiger partial charge is 0.497 e. The summed E-state index contributed by atoms with van der Waals surface area (Å²) >= 11 is 0. The van der Waals surface area contributed by atoms with E-state index in [9.17, 15) is 4.79 Å². The first kappa shape index (κ1) is 20.9. The quantitative estimate of drug-likeness (QED) is 0.393. The maximum Gasteiger partial charge on any atom is 0.343 e. The molecule has 0 N–H and O–H groups in total. The van der Waals surface area contributed by atoms with Crippen molar-refractivity contribution in [1.29, 1.82) is 0 Å². The Bertz CT molecular complexity index is 1010. The molecule has 30 heavy (non-hydrogen) atoms. The zero-order chi connectivity index (χ0) is 21.3. The van der Waals surface area contributed by atoms with E-state index < -0.39 is 5.97 Å². The minimum Gasteiger partial charge on any atom is -0.497 e. The molecule has 1 aromatic heterocycles. The van der Waals surface area contributed by atoms with E-state index >= 15 is 0 Å². The van der Waals surface area contributed by atoms with Crippen LogP contribution in [-0.2, 0) is 0 Å². The predicted molar refractivity (Wildman–Crippen MR) is 115 cm³/mol. The molecule has 0 unspecified atom stereocenters. The molecule has 2 aromatic carbocycles. The molecule has 6 nitrogen and oxygen atoms in total. The number of aromatic nitrogens is 1. The van der Waals surface area contributed by atoms with Gasteiger partial charge in [0.1, 0.15) is 11.5 Å². The number of nitrogens with zero attached hydrogens (tertiary/aromatic N) is 1. The van der Waals surface area contributed by atoms with Crippen LogP contribution in [0, 0.1) is 0 Å². The summed E-state index contributed by atoms with van der Waals surface area (Å²) in [5, 5.41) is 0. The summed E-state index contributed by atoms with van der Waals surface area (Å²) in [6.45, 7) is 2.31. The molecule has 0 aliphatic rings. The van der Waals surface area contributed by atoms with Crippen LogP contribution in [-0.4, -0.2) is 31.8 Å². The van der Waals surface area contributed by atoms with Crippen molar-refractivity contribution in [3.63, 3.8) is 0 Å². The lowest BCUT2D eigenvalue weighted by molar-refractivity contribution is 0.0727. The zero-order valence-corrected chi connectivity index (χ0v) is 17.1. The molecule has 0 aliphatic carbocycles. The van der Waals surface area contributed by atoms with Crippen molar-refractivity contribution in [2.24, 2.45) is 0 Å². The molecular weight excluding hydrogens is 382 g/mol. The van der Waals surface area contributed by atoms with Gasteiger partial charge in [0.25, 0.3) is 0 Å². The van der Waals surface area contributed by atoms with Gasteiger partial charge in [0, 0.05) is 12.3 Å². The number of rotatable bonds is 8. The lowest BCUT2D eigenvalue weighted by Crippen LogP contribution is -2.10. The van der Waals surface area contributed by atoms with Crippen molar-refractivity contribution in [2.45, 2.75) is 6.92 Å². The molecule has 0 saturated carbocycles. The monoisotopic (exact) mass is 405 g/mol. The van der Waals surface area contributed by atoms with Gasteiger partial charge < -0.3 is 18.9 Å². The molecule has 3 aromatic rings. The highest BCUT2D eigenvalue weighted by molar-refractivity contribution is 5.92. The van der Waals surface area contributed by atoms with E-state index in [-0.39, 0.29) is 0 Å². The maximum atomic E-state index is 12.7. The summed E-state index contributed by atoms with van der Waals surface area (Å²) in [6, 6.07) is 15.9. The highest BCUT2D eigenvalue weighted by atomic mass is 16.6. The Labute approximate surface area is 175 Å². The van der Waals surface area contributed by atoms with Crippen LogP contribution in [0.3, 0.4) is 0 Å². The second-order valence-corrected chi connectivity index (χ2v) is 6.22. The summed E-state index contributed by atoms with van der Waals surface area (Å²) in [7, 11) is 3.04. The second kappa shape index (κ2) is 10.1. The highest BCUT2D eigenvalue weighted by Crippen LogP contribution is 2.31. The number of ether oxygens (including phenoxy) is 4. The first-order valence-corrected chi connectivity index (χ1v) is 9.44. The Morgan fingerprint density at radius 2 is 1.70 bits per heavy atom. The van der Waals surface area contributed by atoms with Gasteiger partial charge in [0.15, 0.2) is 11.5 Å². The fraction of sp³-hybridized carbons (Fsp3) is 0.167. The molecule has 0 spiro atoms. The number of hydrogen-bond acceptors (Lipinski definition) is 6. The van der Waals surface area contributed by atoms with Gasteiger partial charge in [-0.3, -0.25) is 4.98 Å². The van der Waals surface area contributed by atoms with E-state index in [0.717, 1.165) is 11.3 Å². The maximum absolute atomic E-state index is 12.7. The molecule has 0 atom stereocenters. The SMILES string of the molecule is CCOc1cc(/C=C/c2ccccn2)ccc1OC(=O)c1cc(OC)cc(OC)c1. The Morgan fingerprint density at radius 3 is 2.33 bits per heavy atom. The lowest BCUT2D eigenvalue weighted by Gasteiger charge is -2.12. The number of pyridine rings is 1. The van der Waals surface area contributed by atoms with Gasteiger partial charge in [-0.15, -0.1) is 0 Å². The smallest absolute Gasteiger partial charge is 0.343 e. The molecule has 0 amide bonds. The van der Waals surface area contributed by atoms with Crippen LogP contribution in [0.4, 0.5) is 0 Å².